The Kier molecular flexibility index (Phi) is 40.0. The molecule has 2 saturated carbocycles. The van der Waals surface area contributed by atoms with Crippen molar-refractivity contribution in [1.82, 2.24) is 0 Å². The van der Waals surface area contributed by atoms with Crippen molar-refractivity contribution in [2.45, 2.75) is 264 Å². The van der Waals surface area contributed by atoms with E-state index in [4.69, 9.17) is 31.0 Å². The number of hydrogen-bond acceptors (Lipinski definition) is 7. The van der Waals surface area contributed by atoms with Crippen LogP contribution in [0.3, 0.4) is 0 Å². The van der Waals surface area contributed by atoms with Gasteiger partial charge in [-0.15, -0.1) is 0 Å². The monoisotopic (exact) mass is 1670 g/mol. The molecule has 2 fully saturated rings. The molecule has 7 nitrogen and oxygen atoms in total. The zero-order chi connectivity index (χ0) is 84.2. The first-order chi connectivity index (χ1) is 52.5. The zero-order valence-corrected chi connectivity index (χ0v) is 85.5. The molecule has 0 spiro atoms. The van der Waals surface area contributed by atoms with E-state index in [9.17, 15) is 0 Å². The molecule has 16 heteroatoms. The quantitative estimate of drug-likeness (QED) is 0.0842. The summed E-state index contributed by atoms with van der Waals surface area (Å²) in [6, 6.07) is 76.5. The Bertz CT molecular complexity index is 3510. The summed E-state index contributed by atoms with van der Waals surface area (Å²) in [6.45, 7) is 58.4. The molecule has 0 bridgehead atoms. The van der Waals surface area contributed by atoms with Gasteiger partial charge < -0.3 is 31.0 Å². The van der Waals surface area contributed by atoms with Crippen molar-refractivity contribution >= 4 is 116 Å². The van der Waals surface area contributed by atoms with E-state index in [1.807, 2.05) is 66.9 Å². The van der Waals surface area contributed by atoms with Gasteiger partial charge in [0, 0.05) is 49.8 Å². The number of hydrogen-bond donors (Lipinski definition) is 0. The van der Waals surface area contributed by atoms with Gasteiger partial charge in [-0.2, -0.15) is 0 Å². The van der Waals surface area contributed by atoms with Gasteiger partial charge in [-0.05, 0) is 155 Å². The van der Waals surface area contributed by atoms with Gasteiger partial charge in [0.15, 0.2) is 25.0 Å². The minimum absolute atomic E-state index is 0.720. The van der Waals surface area contributed by atoms with Crippen LogP contribution in [-0.2, 0) is 31.0 Å². The van der Waals surface area contributed by atoms with Crippen LogP contribution in [0, 0.1) is 0 Å². The molecule has 0 radical (unpaired) electrons. The van der Waals surface area contributed by atoms with Crippen LogP contribution in [-0.4, -0.2) is 124 Å². The molecule has 12 rings (SSSR count). The lowest BCUT2D eigenvalue weighted by atomic mass is 9.90. The largest absolute Gasteiger partial charge is 0.421 e. The third-order valence-corrected chi connectivity index (χ3v) is 62.1. The second-order valence-electron chi connectivity index (χ2n) is 37.0. The van der Waals surface area contributed by atoms with Crippen LogP contribution in [0.15, 0.2) is 218 Å². The van der Waals surface area contributed by atoms with E-state index in [0.29, 0.717) is 0 Å². The fourth-order valence-corrected chi connectivity index (χ4v) is 34.8. The fraction of sp³-hybridized carbons (Fsp3) is 0.500. The minimum Gasteiger partial charge on any atom is -0.421 e. The first kappa shape index (κ1) is 99.8. The average molecular weight is 1680 g/mol. The molecular weight excluding hydrogens is 1520 g/mol. The third-order valence-electron chi connectivity index (χ3n) is 26.9. The number of rotatable bonds is 17. The standard InChI is InChI=1S/2C14H14OSi.2C14H16OSi.2C10H22Si.2C8H20OSi.C4H12OSi/c2*1-15-16(2)13-9-5-3-7-11(13)12-8-4-6-10-14(12)16;2*1-15-16(2,13-9-5-3-6-10-13)14-11-7-4-8-12-14;2*1-10(11(2,3)4)8-6-5-7-9-10;2*1-7(2)10(6,9-5)8(3)4;1-5-6(2,3)4/h2*3-10H,1-2H3;2*3-12H,1-2H3;2*5-9H2,1-4H3;2*7-8H,1-6H3;1-4H3. The van der Waals surface area contributed by atoms with Crippen LogP contribution in [0.5, 0.6) is 0 Å². The topological polar surface area (TPSA) is 64.6 Å². The van der Waals surface area contributed by atoms with E-state index in [1.165, 1.54) is 128 Å². The highest BCUT2D eigenvalue weighted by Crippen LogP contribution is 2.51. The molecule has 8 aromatic carbocycles. The number of fused-ring (bicyclic) bond motifs is 6. The molecule has 618 valence electrons. The van der Waals surface area contributed by atoms with Crippen molar-refractivity contribution in [2.75, 3.05) is 49.8 Å². The Morgan fingerprint density at radius 3 is 0.589 bits per heavy atom. The maximum absolute atomic E-state index is 5.89. The Morgan fingerprint density at radius 1 is 0.268 bits per heavy atom. The van der Waals surface area contributed by atoms with Crippen LogP contribution in [0.1, 0.15) is 133 Å². The molecule has 0 N–H and O–H groups in total. The van der Waals surface area contributed by atoms with Crippen LogP contribution >= 0.6 is 0 Å². The summed E-state index contributed by atoms with van der Waals surface area (Å²) in [4.78, 5) is 0. The molecule has 0 amide bonds. The van der Waals surface area contributed by atoms with E-state index in [0.717, 1.165) is 32.2 Å². The van der Waals surface area contributed by atoms with Gasteiger partial charge >= 0.3 is 0 Å². The summed E-state index contributed by atoms with van der Waals surface area (Å²) < 4.78 is 39.8. The van der Waals surface area contributed by atoms with Crippen molar-refractivity contribution in [3.8, 4) is 22.3 Å². The van der Waals surface area contributed by atoms with Gasteiger partial charge in [-0.25, -0.2) is 0 Å². The first-order valence-electron chi connectivity index (χ1n) is 41.9. The Labute approximate surface area is 695 Å². The molecule has 0 aromatic heterocycles. The summed E-state index contributed by atoms with van der Waals surface area (Å²) >= 11 is 0. The first-order valence-corrected chi connectivity index (χ1v) is 67.1. The molecular formula is C96H156O7Si9. The molecule has 4 aliphatic rings. The summed E-state index contributed by atoms with van der Waals surface area (Å²) in [5.41, 5.74) is 8.30. The van der Waals surface area contributed by atoms with Crippen LogP contribution in [0.25, 0.3) is 22.3 Å². The van der Waals surface area contributed by atoms with E-state index in [-0.39, 0.29) is 0 Å². The van der Waals surface area contributed by atoms with Gasteiger partial charge in [0.05, 0.1) is 16.1 Å². The predicted molar refractivity (Wildman–Crippen MR) is 519 cm³/mol. The Hall–Kier alpha value is -4.57. The fourth-order valence-electron chi connectivity index (χ4n) is 15.5. The maximum Gasteiger partial charge on any atom is 0.253 e. The average Bonchev–Trinajstić information content (AvgIpc) is 1.59. The molecule has 2 aliphatic carbocycles. The minimum atomic E-state index is -1.98. The molecule has 8 aromatic rings. The van der Waals surface area contributed by atoms with E-state index in [1.54, 1.807) is 7.11 Å². The van der Waals surface area contributed by atoms with Crippen LogP contribution in [0.2, 0.25) is 130 Å². The van der Waals surface area contributed by atoms with Crippen molar-refractivity contribution in [3.63, 3.8) is 0 Å². The van der Waals surface area contributed by atoms with Crippen molar-refractivity contribution in [1.29, 1.82) is 0 Å². The van der Waals surface area contributed by atoms with Crippen molar-refractivity contribution in [3.05, 3.63) is 218 Å². The second kappa shape index (κ2) is 44.8. The predicted octanol–water partition coefficient (Wildman–Crippen LogP) is 23.7. The number of benzene rings is 8. The molecule has 0 saturated heterocycles. The summed E-state index contributed by atoms with van der Waals surface area (Å²) in [7, 11) is -0.626. The molecule has 112 heavy (non-hydrogen) atoms. The van der Waals surface area contributed by atoms with Gasteiger partial charge in [-0.3, -0.25) is 0 Å². The summed E-state index contributed by atoms with van der Waals surface area (Å²) in [5, 5.41) is 12.4. The summed E-state index contributed by atoms with van der Waals surface area (Å²) in [5.74, 6) is 0. The van der Waals surface area contributed by atoms with Crippen LogP contribution in [0.4, 0.5) is 0 Å². The third kappa shape index (κ3) is 26.0. The van der Waals surface area contributed by atoms with Gasteiger partial charge in [0.25, 0.3) is 33.3 Å². The van der Waals surface area contributed by atoms with Crippen molar-refractivity contribution in [2.24, 2.45) is 0 Å². The van der Waals surface area contributed by atoms with Crippen LogP contribution < -0.4 is 41.5 Å². The Morgan fingerprint density at radius 2 is 0.455 bits per heavy atom. The lowest BCUT2D eigenvalue weighted by molar-refractivity contribution is 0.378. The lowest BCUT2D eigenvalue weighted by Gasteiger charge is -2.43. The summed E-state index contributed by atoms with van der Waals surface area (Å²) in [6.07, 6.45) is 14.9. The van der Waals surface area contributed by atoms with E-state index in [2.05, 4.69) is 362 Å². The zero-order valence-electron chi connectivity index (χ0n) is 76.5. The SMILES string of the molecule is CC1([Si](C)(C)C)CCCCC1.CC1([Si](C)(C)C)CCCCC1.CO[Si](C)(C(C)C)C(C)C.CO[Si](C)(C(C)C)C(C)C.CO[Si](C)(C)C.CO[Si](C)(c1ccccc1)c1ccccc1.CO[Si](C)(c1ccccc1)c1ccccc1.CO[Si]1(C)c2ccccc2-c2ccccc21.CO[Si]1(C)c2ccccc2-c2ccccc21. The van der Waals surface area contributed by atoms with E-state index >= 15 is 0 Å². The van der Waals surface area contributed by atoms with Gasteiger partial charge in [-0.1, -0.05) is 391 Å². The Balaban J connectivity index is 0.000000269. The highest BCUT2D eigenvalue weighted by molar-refractivity contribution is 7.01. The smallest absolute Gasteiger partial charge is 0.253 e. The second-order valence-corrected chi connectivity index (χ2v) is 77.6. The van der Waals surface area contributed by atoms with Gasteiger partial charge in [0.2, 0.25) is 0 Å². The van der Waals surface area contributed by atoms with Crippen molar-refractivity contribution < 1.29 is 31.0 Å². The van der Waals surface area contributed by atoms with E-state index < -0.39 is 74.4 Å². The molecule has 2 aliphatic heterocycles. The highest BCUT2D eigenvalue weighted by Gasteiger charge is 2.45. The lowest BCUT2D eigenvalue weighted by Crippen LogP contribution is -2.57. The normalized spacial score (nSPS) is 15.6. The molecule has 0 unspecified atom stereocenters. The van der Waals surface area contributed by atoms with Gasteiger partial charge in [0.1, 0.15) is 0 Å². The molecule has 2 heterocycles. The highest BCUT2D eigenvalue weighted by atomic mass is 28.4. The molecule has 0 atom stereocenters. The maximum atomic E-state index is 5.89.